The molecular weight excluding hydrogens is 509 g/mol. The number of anilines is 1. The van der Waals surface area contributed by atoms with Crippen molar-refractivity contribution in [2.45, 2.75) is 25.1 Å². The molecule has 0 radical (unpaired) electrons. The van der Waals surface area contributed by atoms with Crippen molar-refractivity contribution in [3.05, 3.63) is 89.7 Å². The van der Waals surface area contributed by atoms with Gasteiger partial charge in [0.1, 0.15) is 16.8 Å². The van der Waals surface area contributed by atoms with E-state index in [2.05, 4.69) is 10.3 Å². The Morgan fingerprint density at radius 3 is 2.47 bits per heavy atom. The van der Waals surface area contributed by atoms with Crippen molar-refractivity contribution in [2.24, 2.45) is 4.99 Å². The minimum Gasteiger partial charge on any atom is -0.495 e. The number of nitrogens with one attached hydrogen (secondary N) is 1. The van der Waals surface area contributed by atoms with Gasteiger partial charge < -0.3 is 14.8 Å². The lowest BCUT2D eigenvalue weighted by Gasteiger charge is -2.32. The Balaban J connectivity index is 1.61. The Morgan fingerprint density at radius 1 is 1.08 bits per heavy atom. The number of hydrogen-bond acceptors (Lipinski definition) is 7. The summed E-state index contributed by atoms with van der Waals surface area (Å²) in [6.07, 6.45) is -0.0480. The molecule has 3 aromatic carbocycles. The number of carbonyl (C=O) groups excluding carboxylic acids is 3. The number of amidine groups is 1. The minimum atomic E-state index is -0.741. The number of para-hydroxylation sites is 2. The summed E-state index contributed by atoms with van der Waals surface area (Å²) in [7, 11) is 1.51. The van der Waals surface area contributed by atoms with Crippen molar-refractivity contribution in [3.8, 4) is 5.75 Å². The number of methoxy groups -OCH3 is 1. The fourth-order valence-electron chi connectivity index (χ4n) is 3.73. The third kappa shape index (κ3) is 6.57. The third-order valence-electron chi connectivity index (χ3n) is 5.65. The number of rotatable bonds is 8. The van der Waals surface area contributed by atoms with Crippen LogP contribution in [-0.2, 0) is 20.9 Å². The number of thioether (sulfide) groups is 1. The molecule has 10 heteroatoms. The molecule has 0 aromatic heterocycles. The van der Waals surface area contributed by atoms with Crippen LogP contribution in [0.2, 0.25) is 0 Å². The number of aliphatic imine (C=N–C) groups is 1. The molecule has 3 aromatic rings. The molecule has 2 amide bonds. The molecule has 0 aliphatic carbocycles. The highest BCUT2D eigenvalue weighted by Gasteiger charge is 2.36. The van der Waals surface area contributed by atoms with E-state index in [1.54, 1.807) is 67.6 Å². The molecule has 196 valence electrons. The largest absolute Gasteiger partial charge is 0.495 e. The second-order valence-electron chi connectivity index (χ2n) is 8.27. The van der Waals surface area contributed by atoms with Gasteiger partial charge in [-0.25, -0.2) is 14.2 Å². The van der Waals surface area contributed by atoms with Crippen molar-refractivity contribution in [3.63, 3.8) is 0 Å². The maximum absolute atomic E-state index is 13.4. The van der Waals surface area contributed by atoms with Crippen LogP contribution in [0.25, 0.3) is 0 Å². The quantitative estimate of drug-likeness (QED) is 0.400. The fraction of sp³-hybridized carbons (Fsp3) is 0.214. The number of halogens is 1. The SMILES string of the molecule is CCOC(=O)c1ccc(N=C2SC(C(=O)Nc3ccccc3OC)CC(=O)N2Cc2ccc(F)cc2)cc1. The van der Waals surface area contributed by atoms with Crippen molar-refractivity contribution in [1.29, 1.82) is 0 Å². The highest BCUT2D eigenvalue weighted by atomic mass is 32.2. The van der Waals surface area contributed by atoms with Crippen LogP contribution < -0.4 is 10.1 Å². The van der Waals surface area contributed by atoms with Gasteiger partial charge in [-0.1, -0.05) is 36.0 Å². The summed E-state index contributed by atoms with van der Waals surface area (Å²) in [4.78, 5) is 44.5. The Labute approximate surface area is 223 Å². The van der Waals surface area contributed by atoms with Gasteiger partial charge in [0.2, 0.25) is 11.8 Å². The number of nitrogens with zero attached hydrogens (tertiary/aromatic N) is 2. The summed E-state index contributed by atoms with van der Waals surface area (Å²) in [5.74, 6) is -0.979. The zero-order valence-electron chi connectivity index (χ0n) is 20.8. The minimum absolute atomic E-state index is 0.0480. The van der Waals surface area contributed by atoms with Crippen LogP contribution in [0.4, 0.5) is 15.8 Å². The summed E-state index contributed by atoms with van der Waals surface area (Å²) in [6.45, 7) is 2.15. The molecule has 0 spiro atoms. The molecule has 0 saturated carbocycles. The maximum Gasteiger partial charge on any atom is 0.338 e. The van der Waals surface area contributed by atoms with Crippen LogP contribution in [0, 0.1) is 5.82 Å². The molecule has 1 aliphatic rings. The average molecular weight is 536 g/mol. The molecular formula is C28H26FN3O5S. The van der Waals surface area contributed by atoms with E-state index in [1.807, 2.05) is 0 Å². The van der Waals surface area contributed by atoms with E-state index in [0.717, 1.165) is 11.8 Å². The number of amides is 2. The van der Waals surface area contributed by atoms with Gasteiger partial charge in [0.15, 0.2) is 5.17 Å². The monoisotopic (exact) mass is 535 g/mol. The normalized spacial score (nSPS) is 16.3. The van der Waals surface area contributed by atoms with E-state index >= 15 is 0 Å². The first kappa shape index (κ1) is 26.9. The summed E-state index contributed by atoms with van der Waals surface area (Å²) >= 11 is 1.16. The average Bonchev–Trinajstić information content (AvgIpc) is 2.92. The zero-order valence-corrected chi connectivity index (χ0v) is 21.7. The topological polar surface area (TPSA) is 97.3 Å². The molecule has 4 rings (SSSR count). The van der Waals surface area contributed by atoms with Crippen LogP contribution >= 0.6 is 11.8 Å². The molecule has 1 saturated heterocycles. The molecule has 1 atom stereocenters. The predicted octanol–water partition coefficient (Wildman–Crippen LogP) is 5.17. The maximum atomic E-state index is 13.4. The number of ether oxygens (including phenoxy) is 2. The van der Waals surface area contributed by atoms with Gasteiger partial charge in [-0.2, -0.15) is 0 Å². The lowest BCUT2D eigenvalue weighted by atomic mass is 10.2. The lowest BCUT2D eigenvalue weighted by Crippen LogP contribution is -2.44. The first-order valence-corrected chi connectivity index (χ1v) is 12.8. The van der Waals surface area contributed by atoms with E-state index in [4.69, 9.17) is 9.47 Å². The van der Waals surface area contributed by atoms with Gasteiger partial charge >= 0.3 is 5.97 Å². The standard InChI is InChI=1S/C28H26FN3O5S/c1-3-37-27(35)19-10-14-21(15-11-19)30-28-32(17-18-8-12-20(29)13-9-18)25(33)16-24(38-28)26(34)31-22-6-4-5-7-23(22)36-2/h4-15,24H,3,16-17H2,1-2H3,(H,31,34). The molecule has 0 bridgehead atoms. The Hall–Kier alpha value is -4.18. The summed E-state index contributed by atoms with van der Waals surface area (Å²) in [5, 5.41) is 2.41. The second-order valence-corrected chi connectivity index (χ2v) is 9.44. The van der Waals surface area contributed by atoms with Crippen molar-refractivity contribution in [1.82, 2.24) is 4.90 Å². The third-order valence-corrected chi connectivity index (χ3v) is 6.84. The van der Waals surface area contributed by atoms with E-state index < -0.39 is 11.2 Å². The van der Waals surface area contributed by atoms with Gasteiger partial charge in [0.25, 0.3) is 0 Å². The Bertz CT molecular complexity index is 1350. The number of carbonyl (C=O) groups is 3. The van der Waals surface area contributed by atoms with Crippen molar-refractivity contribution < 1.29 is 28.2 Å². The van der Waals surface area contributed by atoms with E-state index in [-0.39, 0.29) is 37.2 Å². The second kappa shape index (κ2) is 12.4. The molecule has 1 fully saturated rings. The van der Waals surface area contributed by atoms with Crippen LogP contribution in [0.5, 0.6) is 5.75 Å². The molecule has 8 nitrogen and oxygen atoms in total. The van der Waals surface area contributed by atoms with E-state index in [9.17, 15) is 18.8 Å². The number of benzene rings is 3. The van der Waals surface area contributed by atoms with Crippen LogP contribution in [0.15, 0.2) is 77.8 Å². The Morgan fingerprint density at radius 2 is 1.79 bits per heavy atom. The van der Waals surface area contributed by atoms with Crippen molar-refractivity contribution >= 4 is 46.1 Å². The van der Waals surface area contributed by atoms with Crippen LogP contribution in [0.3, 0.4) is 0 Å². The molecule has 1 N–H and O–H groups in total. The Kier molecular flexibility index (Phi) is 8.75. The van der Waals surface area contributed by atoms with Crippen molar-refractivity contribution in [2.75, 3.05) is 19.0 Å². The molecule has 38 heavy (non-hydrogen) atoms. The lowest BCUT2D eigenvalue weighted by molar-refractivity contribution is -0.129. The number of esters is 1. The zero-order chi connectivity index (χ0) is 27.1. The molecule has 1 aliphatic heterocycles. The van der Waals surface area contributed by atoms with Gasteiger partial charge in [0.05, 0.1) is 37.2 Å². The summed E-state index contributed by atoms with van der Waals surface area (Å²) in [5.41, 5.74) is 2.07. The first-order valence-electron chi connectivity index (χ1n) is 11.9. The van der Waals surface area contributed by atoms with Crippen LogP contribution in [-0.4, -0.2) is 46.8 Å². The summed E-state index contributed by atoms with van der Waals surface area (Å²) < 4.78 is 23.7. The highest BCUT2D eigenvalue weighted by molar-refractivity contribution is 8.15. The van der Waals surface area contributed by atoms with E-state index in [0.29, 0.717) is 33.4 Å². The van der Waals surface area contributed by atoms with Gasteiger partial charge in [-0.15, -0.1) is 0 Å². The van der Waals surface area contributed by atoms with Gasteiger partial charge in [-0.05, 0) is 61.0 Å². The first-order chi connectivity index (χ1) is 18.4. The fourth-order valence-corrected chi connectivity index (χ4v) is 4.83. The van der Waals surface area contributed by atoms with Gasteiger partial charge in [-0.3, -0.25) is 14.5 Å². The number of hydrogen-bond donors (Lipinski definition) is 1. The smallest absolute Gasteiger partial charge is 0.338 e. The predicted molar refractivity (Wildman–Crippen MR) is 144 cm³/mol. The summed E-state index contributed by atoms with van der Waals surface area (Å²) in [6, 6.07) is 19.3. The molecule has 1 unspecified atom stereocenters. The van der Waals surface area contributed by atoms with Gasteiger partial charge in [0, 0.05) is 6.42 Å². The van der Waals surface area contributed by atoms with E-state index in [1.165, 1.54) is 24.1 Å². The molecule has 1 heterocycles. The van der Waals surface area contributed by atoms with Crippen LogP contribution in [0.1, 0.15) is 29.3 Å². The highest BCUT2D eigenvalue weighted by Crippen LogP contribution is 2.32.